The maximum Gasteiger partial charge on any atom is 0.225 e. The first kappa shape index (κ1) is 13.6. The van der Waals surface area contributed by atoms with Gasteiger partial charge in [0.1, 0.15) is 10.6 Å². The number of hydrogen-bond donors (Lipinski definition) is 2. The third kappa shape index (κ3) is 2.45. The van der Waals surface area contributed by atoms with Crippen LogP contribution in [0.5, 0.6) is 0 Å². The van der Waals surface area contributed by atoms with Crippen LogP contribution in [0.4, 0.5) is 11.8 Å². The Bertz CT molecular complexity index is 586. The van der Waals surface area contributed by atoms with E-state index in [1.807, 2.05) is 7.05 Å². The van der Waals surface area contributed by atoms with E-state index in [4.69, 9.17) is 5.11 Å². The SMILES string of the molecule is CNc1nc(N2CCCC2CCCO)c2ccsc2n1. The molecule has 2 N–H and O–H groups in total. The molecule has 0 aliphatic carbocycles. The number of anilines is 2. The third-order valence-corrected chi connectivity index (χ3v) is 4.68. The first-order chi connectivity index (χ1) is 9.83. The second-order valence-electron chi connectivity index (χ2n) is 5.12. The summed E-state index contributed by atoms with van der Waals surface area (Å²) in [6.07, 6.45) is 4.27. The zero-order chi connectivity index (χ0) is 13.9. The lowest BCUT2D eigenvalue weighted by molar-refractivity contribution is 0.279. The smallest absolute Gasteiger partial charge is 0.225 e. The zero-order valence-corrected chi connectivity index (χ0v) is 12.5. The molecule has 0 spiro atoms. The minimum Gasteiger partial charge on any atom is -0.396 e. The van der Waals surface area contributed by atoms with Gasteiger partial charge in [0.05, 0.1) is 5.39 Å². The van der Waals surface area contributed by atoms with Crippen molar-refractivity contribution in [2.45, 2.75) is 31.7 Å². The number of aromatic nitrogens is 2. The fraction of sp³-hybridized carbons (Fsp3) is 0.571. The molecular formula is C14H20N4OS. The lowest BCUT2D eigenvalue weighted by Crippen LogP contribution is -2.30. The molecule has 1 aliphatic heterocycles. The van der Waals surface area contributed by atoms with Crippen molar-refractivity contribution in [3.63, 3.8) is 0 Å². The summed E-state index contributed by atoms with van der Waals surface area (Å²) >= 11 is 1.65. The Labute approximate surface area is 122 Å². The molecule has 1 atom stereocenters. The van der Waals surface area contributed by atoms with E-state index in [0.29, 0.717) is 12.0 Å². The highest BCUT2D eigenvalue weighted by Crippen LogP contribution is 2.34. The number of hydrogen-bond acceptors (Lipinski definition) is 6. The molecule has 0 bridgehead atoms. The fourth-order valence-corrected chi connectivity index (χ4v) is 3.67. The van der Waals surface area contributed by atoms with E-state index >= 15 is 0 Å². The number of fused-ring (bicyclic) bond motifs is 1. The normalized spacial score (nSPS) is 18.9. The van der Waals surface area contributed by atoms with Gasteiger partial charge in [0, 0.05) is 26.2 Å². The van der Waals surface area contributed by atoms with Gasteiger partial charge in [-0.25, -0.2) is 4.98 Å². The standard InChI is InChI=1S/C14H20N4OS/c1-15-14-16-12(11-6-9-20-13(11)17-14)18-7-2-4-10(18)5-3-8-19/h6,9-10,19H,2-5,7-8H2,1H3,(H,15,16,17). The maximum absolute atomic E-state index is 9.05. The quantitative estimate of drug-likeness (QED) is 0.886. The summed E-state index contributed by atoms with van der Waals surface area (Å²) in [5.74, 6) is 1.73. The van der Waals surface area contributed by atoms with Crippen molar-refractivity contribution in [3.05, 3.63) is 11.4 Å². The Balaban J connectivity index is 1.97. The minimum atomic E-state index is 0.268. The highest BCUT2D eigenvalue weighted by molar-refractivity contribution is 7.16. The lowest BCUT2D eigenvalue weighted by atomic mass is 10.1. The third-order valence-electron chi connectivity index (χ3n) is 3.87. The molecule has 108 valence electrons. The van der Waals surface area contributed by atoms with E-state index < -0.39 is 0 Å². The molecule has 1 saturated heterocycles. The Morgan fingerprint density at radius 2 is 2.40 bits per heavy atom. The molecule has 0 saturated carbocycles. The second-order valence-corrected chi connectivity index (χ2v) is 6.01. The Hall–Kier alpha value is -1.40. The number of rotatable bonds is 5. The van der Waals surface area contributed by atoms with Crippen molar-refractivity contribution in [2.75, 3.05) is 30.4 Å². The van der Waals surface area contributed by atoms with Crippen LogP contribution in [0.3, 0.4) is 0 Å². The van der Waals surface area contributed by atoms with E-state index in [-0.39, 0.29) is 6.61 Å². The van der Waals surface area contributed by atoms with E-state index in [0.717, 1.165) is 35.4 Å². The molecule has 1 unspecified atom stereocenters. The van der Waals surface area contributed by atoms with Gasteiger partial charge in [-0.15, -0.1) is 11.3 Å². The summed E-state index contributed by atoms with van der Waals surface area (Å²) in [6.45, 7) is 1.31. The van der Waals surface area contributed by atoms with Gasteiger partial charge in [0.2, 0.25) is 5.95 Å². The Morgan fingerprint density at radius 1 is 1.50 bits per heavy atom. The van der Waals surface area contributed by atoms with Crippen LogP contribution >= 0.6 is 11.3 Å². The molecular weight excluding hydrogens is 272 g/mol. The molecule has 3 heterocycles. The average Bonchev–Trinajstić information content (AvgIpc) is 3.12. The minimum absolute atomic E-state index is 0.268. The van der Waals surface area contributed by atoms with Crippen molar-refractivity contribution >= 4 is 33.3 Å². The summed E-state index contributed by atoms with van der Waals surface area (Å²) < 4.78 is 0. The van der Waals surface area contributed by atoms with Crippen molar-refractivity contribution in [2.24, 2.45) is 0 Å². The molecule has 2 aromatic rings. The van der Waals surface area contributed by atoms with E-state index in [1.165, 1.54) is 12.8 Å². The molecule has 0 radical (unpaired) electrons. The van der Waals surface area contributed by atoms with Crippen LogP contribution < -0.4 is 10.2 Å². The highest BCUT2D eigenvalue weighted by atomic mass is 32.1. The van der Waals surface area contributed by atoms with E-state index in [9.17, 15) is 0 Å². The van der Waals surface area contributed by atoms with Crippen LogP contribution in [0, 0.1) is 0 Å². The van der Waals surface area contributed by atoms with Crippen LogP contribution in [-0.4, -0.2) is 41.3 Å². The van der Waals surface area contributed by atoms with Crippen LogP contribution in [0.1, 0.15) is 25.7 Å². The number of nitrogens with zero attached hydrogens (tertiary/aromatic N) is 3. The van der Waals surface area contributed by atoms with Crippen LogP contribution in [0.25, 0.3) is 10.2 Å². The van der Waals surface area contributed by atoms with Gasteiger partial charge in [-0.2, -0.15) is 4.98 Å². The zero-order valence-electron chi connectivity index (χ0n) is 11.7. The van der Waals surface area contributed by atoms with Gasteiger partial charge in [-0.05, 0) is 37.1 Å². The largest absolute Gasteiger partial charge is 0.396 e. The number of aliphatic hydroxyl groups is 1. The summed E-state index contributed by atoms with van der Waals surface area (Å²) in [4.78, 5) is 12.6. The molecule has 1 fully saturated rings. The summed E-state index contributed by atoms with van der Waals surface area (Å²) in [5, 5.41) is 15.3. The van der Waals surface area contributed by atoms with Crippen LogP contribution in [-0.2, 0) is 0 Å². The van der Waals surface area contributed by atoms with Gasteiger partial charge in [0.15, 0.2) is 0 Å². The van der Waals surface area contributed by atoms with Crippen molar-refractivity contribution < 1.29 is 5.11 Å². The number of thiophene rings is 1. The van der Waals surface area contributed by atoms with E-state index in [2.05, 4.69) is 31.6 Å². The predicted molar refractivity (Wildman–Crippen MR) is 83.6 cm³/mol. The highest BCUT2D eigenvalue weighted by Gasteiger charge is 2.27. The lowest BCUT2D eigenvalue weighted by Gasteiger charge is -2.26. The van der Waals surface area contributed by atoms with Gasteiger partial charge in [-0.1, -0.05) is 0 Å². The van der Waals surface area contributed by atoms with Gasteiger partial charge in [-0.3, -0.25) is 0 Å². The monoisotopic (exact) mass is 292 g/mol. The van der Waals surface area contributed by atoms with Crippen LogP contribution in [0.2, 0.25) is 0 Å². The molecule has 3 rings (SSSR count). The maximum atomic E-state index is 9.05. The summed E-state index contributed by atoms with van der Waals surface area (Å²) in [7, 11) is 1.85. The summed E-state index contributed by atoms with van der Waals surface area (Å²) in [6, 6.07) is 2.60. The van der Waals surface area contributed by atoms with Crippen molar-refractivity contribution in [1.82, 2.24) is 9.97 Å². The molecule has 0 amide bonds. The first-order valence-corrected chi connectivity index (χ1v) is 8.02. The fourth-order valence-electron chi connectivity index (χ4n) is 2.91. The Kier molecular flexibility index (Phi) is 4.03. The van der Waals surface area contributed by atoms with Crippen LogP contribution in [0.15, 0.2) is 11.4 Å². The predicted octanol–water partition coefficient (Wildman–Crippen LogP) is 2.47. The topological polar surface area (TPSA) is 61.3 Å². The van der Waals surface area contributed by atoms with E-state index in [1.54, 1.807) is 11.3 Å². The average molecular weight is 292 g/mol. The molecule has 2 aromatic heterocycles. The molecule has 0 aromatic carbocycles. The number of aliphatic hydroxyl groups excluding tert-OH is 1. The Morgan fingerprint density at radius 3 is 3.20 bits per heavy atom. The van der Waals surface area contributed by atoms with Gasteiger partial charge < -0.3 is 15.3 Å². The van der Waals surface area contributed by atoms with Gasteiger partial charge >= 0.3 is 0 Å². The van der Waals surface area contributed by atoms with Crippen molar-refractivity contribution in [3.8, 4) is 0 Å². The number of nitrogens with one attached hydrogen (secondary N) is 1. The summed E-state index contributed by atoms with van der Waals surface area (Å²) in [5.41, 5.74) is 0. The molecule has 6 heteroatoms. The van der Waals surface area contributed by atoms with Crippen molar-refractivity contribution in [1.29, 1.82) is 0 Å². The molecule has 1 aliphatic rings. The molecule has 5 nitrogen and oxygen atoms in total. The first-order valence-electron chi connectivity index (χ1n) is 7.14. The van der Waals surface area contributed by atoms with Gasteiger partial charge in [0.25, 0.3) is 0 Å². The molecule has 20 heavy (non-hydrogen) atoms. The second kappa shape index (κ2) is 5.93.